The van der Waals surface area contributed by atoms with E-state index in [2.05, 4.69) is 46.6 Å². The number of nitrogens with zero attached hydrogens (tertiary/aromatic N) is 2. The predicted octanol–water partition coefficient (Wildman–Crippen LogP) is 3.75. The number of H-pyrrole nitrogens is 1. The molecule has 3 aromatic rings. The average Bonchev–Trinajstić information content (AvgIpc) is 3.41. The summed E-state index contributed by atoms with van der Waals surface area (Å²) >= 11 is 0. The lowest BCUT2D eigenvalue weighted by Crippen LogP contribution is -2.43. The summed E-state index contributed by atoms with van der Waals surface area (Å²) in [6.45, 7) is 8.43. The molecule has 2 atom stereocenters. The molecule has 3 heterocycles. The smallest absolute Gasteiger partial charge is 0.291 e. The van der Waals surface area contributed by atoms with E-state index < -0.39 is 0 Å². The van der Waals surface area contributed by atoms with Crippen molar-refractivity contribution < 1.29 is 9.59 Å². The first-order valence-corrected chi connectivity index (χ1v) is 11.1. The number of carbonyl (C=O) groups is 2. The molecule has 2 aromatic heterocycles. The van der Waals surface area contributed by atoms with Gasteiger partial charge >= 0.3 is 0 Å². The summed E-state index contributed by atoms with van der Waals surface area (Å²) in [5.41, 5.74) is 8.38. The SMILES string of the molecule is Cc1cc(NC(=O)C2=NC3CC3C(=O)N2)cc(C)c1Cc1ccc2[nH]cc(C(C)C)c2n1. The van der Waals surface area contributed by atoms with Gasteiger partial charge in [0, 0.05) is 24.0 Å². The molecule has 0 bridgehead atoms. The Morgan fingerprint density at radius 2 is 1.97 bits per heavy atom. The molecular weight excluding hydrogens is 402 g/mol. The fourth-order valence-corrected chi connectivity index (χ4v) is 4.44. The summed E-state index contributed by atoms with van der Waals surface area (Å²) in [5.74, 6) is -0.0206. The zero-order valence-electron chi connectivity index (χ0n) is 18.7. The van der Waals surface area contributed by atoms with Gasteiger partial charge in [-0.25, -0.2) is 0 Å². The van der Waals surface area contributed by atoms with Gasteiger partial charge in [0.15, 0.2) is 5.84 Å². The Bertz CT molecular complexity index is 1260. The Morgan fingerprint density at radius 1 is 1.22 bits per heavy atom. The van der Waals surface area contributed by atoms with Crippen LogP contribution in [0.1, 0.15) is 54.1 Å². The van der Waals surface area contributed by atoms with Gasteiger partial charge < -0.3 is 15.6 Å². The third-order valence-corrected chi connectivity index (χ3v) is 6.39. The van der Waals surface area contributed by atoms with Gasteiger partial charge in [0.25, 0.3) is 5.91 Å². The van der Waals surface area contributed by atoms with Crippen molar-refractivity contribution in [3.63, 3.8) is 0 Å². The molecule has 0 spiro atoms. The summed E-state index contributed by atoms with van der Waals surface area (Å²) in [4.78, 5) is 37.0. The standard InChI is InChI=1S/C25H27N5O2/c1-12(2)19-11-26-20-6-5-15(27-22(19)20)9-17-13(3)7-16(8-14(17)4)28-25(32)23-29-21-10-18(21)24(31)30-23/h5-8,11-12,18,21,26H,9-10H2,1-4H3,(H,28,32)(H,29,30,31). The zero-order valence-corrected chi connectivity index (χ0v) is 18.7. The molecule has 1 saturated carbocycles. The molecule has 2 unspecified atom stereocenters. The number of fused-ring (bicyclic) bond motifs is 2. The summed E-state index contributed by atoms with van der Waals surface area (Å²) in [6, 6.07) is 8.04. The van der Waals surface area contributed by atoms with E-state index >= 15 is 0 Å². The van der Waals surface area contributed by atoms with Gasteiger partial charge in [-0.3, -0.25) is 19.6 Å². The van der Waals surface area contributed by atoms with Crippen LogP contribution in [0.5, 0.6) is 0 Å². The summed E-state index contributed by atoms with van der Waals surface area (Å²) in [7, 11) is 0. The maximum absolute atomic E-state index is 12.6. The van der Waals surface area contributed by atoms with Gasteiger partial charge in [0.1, 0.15) is 0 Å². The molecule has 5 rings (SSSR count). The fourth-order valence-electron chi connectivity index (χ4n) is 4.44. The second-order valence-corrected chi connectivity index (χ2v) is 9.19. The van der Waals surface area contributed by atoms with E-state index in [-0.39, 0.29) is 29.6 Å². The van der Waals surface area contributed by atoms with Crippen molar-refractivity contribution in [1.29, 1.82) is 0 Å². The zero-order chi connectivity index (χ0) is 22.6. The molecule has 0 radical (unpaired) electrons. The van der Waals surface area contributed by atoms with Crippen molar-refractivity contribution in [3.8, 4) is 0 Å². The van der Waals surface area contributed by atoms with Crippen LogP contribution in [-0.2, 0) is 16.0 Å². The number of hydrogen-bond donors (Lipinski definition) is 3. The first-order chi connectivity index (χ1) is 15.3. The largest absolute Gasteiger partial charge is 0.360 e. The van der Waals surface area contributed by atoms with Crippen molar-refractivity contribution in [1.82, 2.24) is 15.3 Å². The van der Waals surface area contributed by atoms with Crippen LogP contribution >= 0.6 is 0 Å². The average molecular weight is 430 g/mol. The first kappa shape index (κ1) is 20.4. The number of pyridine rings is 1. The number of anilines is 1. The number of rotatable bonds is 5. The molecule has 1 aliphatic carbocycles. The monoisotopic (exact) mass is 429 g/mol. The minimum atomic E-state index is -0.379. The number of aromatic amines is 1. The van der Waals surface area contributed by atoms with Crippen molar-refractivity contribution in [2.75, 3.05) is 5.32 Å². The summed E-state index contributed by atoms with van der Waals surface area (Å²) < 4.78 is 0. The number of aryl methyl sites for hydroxylation is 2. The van der Waals surface area contributed by atoms with E-state index in [1.807, 2.05) is 32.2 Å². The van der Waals surface area contributed by atoms with Crippen LogP contribution in [-0.4, -0.2) is 33.7 Å². The van der Waals surface area contributed by atoms with E-state index in [0.717, 1.165) is 40.7 Å². The van der Waals surface area contributed by atoms with Crippen LogP contribution in [0.3, 0.4) is 0 Å². The molecule has 1 aliphatic heterocycles. The Balaban J connectivity index is 1.36. The number of hydrogen-bond acceptors (Lipinski definition) is 4. The molecule has 32 heavy (non-hydrogen) atoms. The maximum Gasteiger partial charge on any atom is 0.291 e. The van der Waals surface area contributed by atoms with Crippen LogP contribution < -0.4 is 10.6 Å². The number of aliphatic imine (C=N–C) groups is 1. The van der Waals surface area contributed by atoms with Crippen LogP contribution in [0.25, 0.3) is 11.0 Å². The molecule has 0 saturated heterocycles. The third kappa shape index (κ3) is 3.68. The summed E-state index contributed by atoms with van der Waals surface area (Å²) in [5, 5.41) is 5.49. The molecule has 7 nitrogen and oxygen atoms in total. The third-order valence-electron chi connectivity index (χ3n) is 6.39. The molecule has 2 amide bonds. The molecule has 2 aliphatic rings. The van der Waals surface area contributed by atoms with Gasteiger partial charge in [0.2, 0.25) is 5.91 Å². The van der Waals surface area contributed by atoms with Gasteiger partial charge in [-0.2, -0.15) is 0 Å². The number of amides is 2. The van der Waals surface area contributed by atoms with E-state index in [4.69, 9.17) is 4.98 Å². The molecule has 1 fully saturated rings. The van der Waals surface area contributed by atoms with Crippen LogP contribution in [0, 0.1) is 19.8 Å². The molecule has 7 heteroatoms. The topological polar surface area (TPSA) is 99.2 Å². The number of benzene rings is 1. The second kappa shape index (κ2) is 7.58. The maximum atomic E-state index is 12.6. The Labute approximate surface area is 186 Å². The molecular formula is C25H27N5O2. The fraction of sp³-hybridized carbons (Fsp3) is 0.360. The van der Waals surface area contributed by atoms with E-state index in [0.29, 0.717) is 11.6 Å². The highest BCUT2D eigenvalue weighted by Gasteiger charge is 2.47. The van der Waals surface area contributed by atoms with Crippen LogP contribution in [0.15, 0.2) is 35.5 Å². The Hall–Kier alpha value is -3.48. The molecule has 164 valence electrons. The van der Waals surface area contributed by atoms with Crippen molar-refractivity contribution in [3.05, 3.63) is 58.4 Å². The Kier molecular flexibility index (Phi) is 4.84. The quantitative estimate of drug-likeness (QED) is 0.576. The summed E-state index contributed by atoms with van der Waals surface area (Å²) in [6.07, 6.45) is 3.50. The minimum Gasteiger partial charge on any atom is -0.360 e. The number of nitrogens with one attached hydrogen (secondary N) is 3. The first-order valence-electron chi connectivity index (χ1n) is 11.1. The molecule has 1 aromatic carbocycles. The number of amidine groups is 1. The highest BCUT2D eigenvalue weighted by molar-refractivity contribution is 6.45. The van der Waals surface area contributed by atoms with Gasteiger partial charge in [0.05, 0.1) is 23.0 Å². The van der Waals surface area contributed by atoms with Gasteiger partial charge in [-0.05, 0) is 72.7 Å². The predicted molar refractivity (Wildman–Crippen MR) is 125 cm³/mol. The second-order valence-electron chi connectivity index (χ2n) is 9.19. The highest BCUT2D eigenvalue weighted by Crippen LogP contribution is 2.36. The van der Waals surface area contributed by atoms with Gasteiger partial charge in [-0.15, -0.1) is 0 Å². The molecule has 3 N–H and O–H groups in total. The minimum absolute atomic E-state index is 0.0311. The van der Waals surface area contributed by atoms with Crippen LogP contribution in [0.4, 0.5) is 5.69 Å². The van der Waals surface area contributed by atoms with Crippen molar-refractivity contribution in [2.24, 2.45) is 10.9 Å². The van der Waals surface area contributed by atoms with Crippen molar-refractivity contribution in [2.45, 2.75) is 52.5 Å². The highest BCUT2D eigenvalue weighted by atomic mass is 16.2. The van der Waals surface area contributed by atoms with Crippen molar-refractivity contribution >= 4 is 34.4 Å². The van der Waals surface area contributed by atoms with E-state index in [9.17, 15) is 9.59 Å². The number of carbonyl (C=O) groups excluding carboxylic acids is 2. The lowest BCUT2D eigenvalue weighted by atomic mass is 9.97. The van der Waals surface area contributed by atoms with E-state index in [1.165, 1.54) is 11.1 Å². The van der Waals surface area contributed by atoms with Crippen LogP contribution in [0.2, 0.25) is 0 Å². The van der Waals surface area contributed by atoms with Gasteiger partial charge in [-0.1, -0.05) is 13.8 Å². The lowest BCUT2D eigenvalue weighted by molar-refractivity contribution is -0.122. The lowest BCUT2D eigenvalue weighted by Gasteiger charge is -2.16. The number of aromatic nitrogens is 2. The normalized spacial score (nSPS) is 19.5. The Morgan fingerprint density at radius 3 is 2.66 bits per heavy atom. The van der Waals surface area contributed by atoms with E-state index in [1.54, 1.807) is 0 Å².